The van der Waals surface area contributed by atoms with Crippen molar-refractivity contribution in [2.75, 3.05) is 6.54 Å². The standard InChI is InChI=1S/C14H20BrNO/c1-4-9-16(14(17)12(3)15)10-13-7-5-11(2)6-8-13/h5-8,12H,4,9-10H2,1-3H3. The van der Waals surface area contributed by atoms with Crippen LogP contribution >= 0.6 is 15.9 Å². The van der Waals surface area contributed by atoms with Crippen molar-refractivity contribution in [3.05, 3.63) is 35.4 Å². The van der Waals surface area contributed by atoms with Gasteiger partial charge in [0.05, 0.1) is 4.83 Å². The molecule has 1 atom stereocenters. The van der Waals surface area contributed by atoms with E-state index in [0.29, 0.717) is 6.54 Å². The van der Waals surface area contributed by atoms with Crippen molar-refractivity contribution in [3.8, 4) is 0 Å². The number of alkyl halides is 1. The summed E-state index contributed by atoms with van der Waals surface area (Å²) in [7, 11) is 0. The molecule has 0 radical (unpaired) electrons. The van der Waals surface area contributed by atoms with Crippen LogP contribution in [0.15, 0.2) is 24.3 Å². The van der Waals surface area contributed by atoms with E-state index >= 15 is 0 Å². The number of carbonyl (C=O) groups is 1. The van der Waals surface area contributed by atoms with E-state index in [4.69, 9.17) is 0 Å². The summed E-state index contributed by atoms with van der Waals surface area (Å²) in [6.07, 6.45) is 0.983. The molecule has 0 aliphatic rings. The first-order chi connectivity index (χ1) is 8.04. The molecule has 94 valence electrons. The molecule has 0 heterocycles. The molecule has 0 bridgehead atoms. The number of hydrogen-bond donors (Lipinski definition) is 0. The van der Waals surface area contributed by atoms with Crippen LogP contribution in [0.2, 0.25) is 0 Å². The van der Waals surface area contributed by atoms with Crippen LogP contribution in [0.25, 0.3) is 0 Å². The lowest BCUT2D eigenvalue weighted by molar-refractivity contribution is -0.130. The maximum Gasteiger partial charge on any atom is 0.236 e. The van der Waals surface area contributed by atoms with Crippen LogP contribution in [-0.2, 0) is 11.3 Å². The molecule has 1 aromatic carbocycles. The summed E-state index contributed by atoms with van der Waals surface area (Å²) >= 11 is 3.34. The van der Waals surface area contributed by atoms with Crippen LogP contribution in [0.3, 0.4) is 0 Å². The number of benzene rings is 1. The van der Waals surface area contributed by atoms with Gasteiger partial charge in [0, 0.05) is 13.1 Å². The molecule has 0 aliphatic carbocycles. The lowest BCUT2D eigenvalue weighted by atomic mass is 10.1. The molecule has 1 rings (SSSR count). The fraction of sp³-hybridized carbons (Fsp3) is 0.500. The predicted octanol–water partition coefficient (Wildman–Crippen LogP) is 3.52. The van der Waals surface area contributed by atoms with E-state index < -0.39 is 0 Å². The first-order valence-electron chi connectivity index (χ1n) is 6.03. The molecule has 0 N–H and O–H groups in total. The van der Waals surface area contributed by atoms with Gasteiger partial charge < -0.3 is 4.90 Å². The minimum atomic E-state index is -0.112. The third-order valence-corrected chi connectivity index (χ3v) is 3.03. The molecule has 1 unspecified atom stereocenters. The molecular weight excluding hydrogens is 278 g/mol. The molecule has 2 nitrogen and oxygen atoms in total. The fourth-order valence-electron chi connectivity index (χ4n) is 1.70. The average molecular weight is 298 g/mol. The van der Waals surface area contributed by atoms with Crippen LogP contribution in [-0.4, -0.2) is 22.2 Å². The van der Waals surface area contributed by atoms with Gasteiger partial charge in [-0.15, -0.1) is 0 Å². The van der Waals surface area contributed by atoms with Crippen molar-refractivity contribution < 1.29 is 4.79 Å². The van der Waals surface area contributed by atoms with Gasteiger partial charge >= 0.3 is 0 Å². The van der Waals surface area contributed by atoms with Crippen molar-refractivity contribution >= 4 is 21.8 Å². The van der Waals surface area contributed by atoms with Gasteiger partial charge in [-0.25, -0.2) is 0 Å². The molecule has 0 saturated heterocycles. The van der Waals surface area contributed by atoms with Gasteiger partial charge in [-0.1, -0.05) is 52.7 Å². The summed E-state index contributed by atoms with van der Waals surface area (Å²) < 4.78 is 0. The number of amides is 1. The summed E-state index contributed by atoms with van der Waals surface area (Å²) in [6.45, 7) is 7.54. The highest BCUT2D eigenvalue weighted by Crippen LogP contribution is 2.11. The Morgan fingerprint density at radius 1 is 1.35 bits per heavy atom. The molecule has 3 heteroatoms. The zero-order chi connectivity index (χ0) is 12.8. The number of aryl methyl sites for hydroxylation is 1. The van der Waals surface area contributed by atoms with E-state index in [9.17, 15) is 4.79 Å². The van der Waals surface area contributed by atoms with Crippen LogP contribution in [0.5, 0.6) is 0 Å². The molecule has 0 aromatic heterocycles. The van der Waals surface area contributed by atoms with Gasteiger partial charge in [0.15, 0.2) is 0 Å². The van der Waals surface area contributed by atoms with Gasteiger partial charge in [-0.3, -0.25) is 4.79 Å². The smallest absolute Gasteiger partial charge is 0.236 e. The van der Waals surface area contributed by atoms with E-state index in [1.165, 1.54) is 11.1 Å². The molecular formula is C14H20BrNO. The Bertz CT molecular complexity index is 359. The van der Waals surface area contributed by atoms with E-state index in [0.717, 1.165) is 13.0 Å². The van der Waals surface area contributed by atoms with Gasteiger partial charge in [-0.05, 0) is 25.8 Å². The van der Waals surface area contributed by atoms with E-state index in [1.807, 2.05) is 11.8 Å². The minimum absolute atomic E-state index is 0.112. The van der Waals surface area contributed by atoms with Gasteiger partial charge in [0.25, 0.3) is 0 Å². The molecule has 1 amide bonds. The highest BCUT2D eigenvalue weighted by molar-refractivity contribution is 9.10. The Labute approximate surface area is 112 Å². The normalized spacial score (nSPS) is 12.2. The first kappa shape index (κ1) is 14.2. The Morgan fingerprint density at radius 2 is 1.94 bits per heavy atom. The topological polar surface area (TPSA) is 20.3 Å². The Hall–Kier alpha value is -0.830. The Balaban J connectivity index is 2.72. The zero-order valence-electron chi connectivity index (χ0n) is 10.7. The van der Waals surface area contributed by atoms with Gasteiger partial charge in [0.2, 0.25) is 5.91 Å². The van der Waals surface area contributed by atoms with E-state index in [1.54, 1.807) is 0 Å². The summed E-state index contributed by atoms with van der Waals surface area (Å²) in [5.74, 6) is 0.160. The Morgan fingerprint density at radius 3 is 2.41 bits per heavy atom. The lowest BCUT2D eigenvalue weighted by Crippen LogP contribution is -2.35. The summed E-state index contributed by atoms with van der Waals surface area (Å²) in [5.41, 5.74) is 2.43. The van der Waals surface area contributed by atoms with E-state index in [2.05, 4.69) is 54.0 Å². The number of nitrogens with zero attached hydrogens (tertiary/aromatic N) is 1. The van der Waals surface area contributed by atoms with Crippen molar-refractivity contribution in [2.45, 2.75) is 38.6 Å². The number of hydrogen-bond acceptors (Lipinski definition) is 1. The molecule has 0 saturated carbocycles. The fourth-order valence-corrected chi connectivity index (χ4v) is 1.99. The predicted molar refractivity (Wildman–Crippen MR) is 75.3 cm³/mol. The maximum atomic E-state index is 12.0. The van der Waals surface area contributed by atoms with Crippen molar-refractivity contribution in [1.82, 2.24) is 4.90 Å². The summed E-state index contributed by atoms with van der Waals surface area (Å²) in [4.78, 5) is 13.8. The zero-order valence-corrected chi connectivity index (χ0v) is 12.3. The molecule has 1 aromatic rings. The maximum absolute atomic E-state index is 12.0. The van der Waals surface area contributed by atoms with Gasteiger partial charge in [0.1, 0.15) is 0 Å². The lowest BCUT2D eigenvalue weighted by Gasteiger charge is -2.23. The van der Waals surface area contributed by atoms with E-state index in [-0.39, 0.29) is 10.7 Å². The molecule has 0 fully saturated rings. The molecule has 17 heavy (non-hydrogen) atoms. The minimum Gasteiger partial charge on any atom is -0.337 e. The SMILES string of the molecule is CCCN(Cc1ccc(C)cc1)C(=O)C(C)Br. The Kier molecular flexibility index (Phi) is 5.69. The summed E-state index contributed by atoms with van der Waals surface area (Å²) in [6, 6.07) is 8.34. The second-order valence-electron chi connectivity index (χ2n) is 4.36. The van der Waals surface area contributed by atoms with Crippen LogP contribution < -0.4 is 0 Å². The van der Waals surface area contributed by atoms with Crippen LogP contribution in [0.4, 0.5) is 0 Å². The first-order valence-corrected chi connectivity index (χ1v) is 6.94. The van der Waals surface area contributed by atoms with Crippen molar-refractivity contribution in [3.63, 3.8) is 0 Å². The molecule has 0 aliphatic heterocycles. The van der Waals surface area contributed by atoms with Crippen molar-refractivity contribution in [2.24, 2.45) is 0 Å². The molecule has 0 spiro atoms. The largest absolute Gasteiger partial charge is 0.337 e. The van der Waals surface area contributed by atoms with Gasteiger partial charge in [-0.2, -0.15) is 0 Å². The number of rotatable bonds is 5. The van der Waals surface area contributed by atoms with Crippen LogP contribution in [0, 0.1) is 6.92 Å². The monoisotopic (exact) mass is 297 g/mol. The van der Waals surface area contributed by atoms with Crippen LogP contribution in [0.1, 0.15) is 31.4 Å². The third kappa shape index (κ3) is 4.50. The number of carbonyl (C=O) groups excluding carboxylic acids is 1. The summed E-state index contributed by atoms with van der Waals surface area (Å²) in [5, 5.41) is 0. The highest BCUT2D eigenvalue weighted by atomic mass is 79.9. The number of halogens is 1. The second kappa shape index (κ2) is 6.80. The average Bonchev–Trinajstić information content (AvgIpc) is 2.30. The highest BCUT2D eigenvalue weighted by Gasteiger charge is 2.17. The van der Waals surface area contributed by atoms with Crippen molar-refractivity contribution in [1.29, 1.82) is 0 Å². The third-order valence-electron chi connectivity index (χ3n) is 2.64. The second-order valence-corrected chi connectivity index (χ2v) is 5.73. The quantitative estimate of drug-likeness (QED) is 0.762.